The van der Waals surface area contributed by atoms with Crippen LogP contribution in [0.5, 0.6) is 5.75 Å². The zero-order chi connectivity index (χ0) is 31.4. The Bertz CT molecular complexity index is 1400. The van der Waals surface area contributed by atoms with Gasteiger partial charge in [0.1, 0.15) is 30.1 Å². The Morgan fingerprint density at radius 2 is 1.44 bits per heavy atom. The van der Waals surface area contributed by atoms with Crippen molar-refractivity contribution in [2.45, 2.75) is 75.8 Å². The molecule has 4 saturated carbocycles. The van der Waals surface area contributed by atoms with E-state index < -0.39 is 36.3 Å². The molecule has 0 radical (unpaired) electrons. The molecule has 8 heteroatoms. The van der Waals surface area contributed by atoms with Gasteiger partial charge < -0.3 is 30.3 Å². The maximum absolute atomic E-state index is 13.9. The largest absolute Gasteiger partial charge is 0.489 e. The van der Waals surface area contributed by atoms with Crippen LogP contribution in [0.4, 0.5) is 4.79 Å². The van der Waals surface area contributed by atoms with Gasteiger partial charge in [0.2, 0.25) is 5.91 Å². The summed E-state index contributed by atoms with van der Waals surface area (Å²) in [6, 6.07) is 25.2. The molecule has 4 aliphatic rings. The Labute approximate surface area is 265 Å². The molecule has 238 valence electrons. The van der Waals surface area contributed by atoms with E-state index in [0.717, 1.165) is 48.6 Å². The smallest absolute Gasteiger partial charge is 0.408 e. The minimum atomic E-state index is -1.43. The lowest BCUT2D eigenvalue weighted by atomic mass is 9.55. The predicted octanol–water partition coefficient (Wildman–Crippen LogP) is 5.33. The van der Waals surface area contributed by atoms with Gasteiger partial charge in [-0.05, 0) is 91.5 Å². The standard InChI is InChI=1S/C37H44N2O6/c1-37(35(42)38-32(22-40)33(41)28-10-6-3-7-11-28,21-24-12-14-31(15-13-24)44-23-25-8-4-2-5-9-25)39-36(43)45-34-29-17-26-16-27(19-29)20-30(34)18-26/h2-15,26-27,29-30,32-34,40-41H,16-23H2,1H3,(H,38,42)(H,39,43). The third-order valence-corrected chi connectivity index (χ3v) is 10.0. The number of alkyl carbamates (subject to hydrolysis) is 1. The molecule has 0 saturated heterocycles. The molecular formula is C37H44N2O6. The van der Waals surface area contributed by atoms with Crippen molar-refractivity contribution in [1.82, 2.24) is 10.6 Å². The fourth-order valence-electron chi connectivity index (χ4n) is 7.91. The van der Waals surface area contributed by atoms with Crippen molar-refractivity contribution < 1.29 is 29.3 Å². The predicted molar refractivity (Wildman–Crippen MR) is 170 cm³/mol. The second kappa shape index (κ2) is 13.6. The van der Waals surface area contributed by atoms with Crippen LogP contribution in [0.25, 0.3) is 0 Å². The Morgan fingerprint density at radius 1 is 0.844 bits per heavy atom. The van der Waals surface area contributed by atoms with Crippen molar-refractivity contribution in [2.75, 3.05) is 6.61 Å². The molecule has 2 amide bonds. The molecule has 4 fully saturated rings. The Balaban J connectivity index is 1.16. The van der Waals surface area contributed by atoms with Gasteiger partial charge in [0, 0.05) is 6.42 Å². The molecule has 3 atom stereocenters. The summed E-state index contributed by atoms with van der Waals surface area (Å²) in [4.78, 5) is 27.4. The lowest BCUT2D eigenvalue weighted by molar-refractivity contribution is -0.130. The zero-order valence-corrected chi connectivity index (χ0v) is 25.8. The maximum Gasteiger partial charge on any atom is 0.408 e. The average Bonchev–Trinajstić information content (AvgIpc) is 3.05. The van der Waals surface area contributed by atoms with Gasteiger partial charge in [-0.2, -0.15) is 0 Å². The van der Waals surface area contributed by atoms with Gasteiger partial charge in [0.05, 0.1) is 12.6 Å². The number of aliphatic hydroxyl groups is 2. The minimum absolute atomic E-state index is 0.128. The van der Waals surface area contributed by atoms with Crippen LogP contribution in [0, 0.1) is 23.7 Å². The zero-order valence-electron chi connectivity index (χ0n) is 25.8. The highest BCUT2D eigenvalue weighted by atomic mass is 16.6. The highest BCUT2D eigenvalue weighted by molar-refractivity contribution is 5.90. The summed E-state index contributed by atoms with van der Waals surface area (Å²) in [6.07, 6.45) is 4.02. The van der Waals surface area contributed by atoms with Crippen LogP contribution >= 0.6 is 0 Å². The van der Waals surface area contributed by atoms with Crippen molar-refractivity contribution in [3.8, 4) is 5.75 Å². The topological polar surface area (TPSA) is 117 Å². The summed E-state index contributed by atoms with van der Waals surface area (Å²) >= 11 is 0. The molecule has 0 aliphatic heterocycles. The average molecular weight is 613 g/mol. The molecule has 4 bridgehead atoms. The molecule has 4 aliphatic carbocycles. The summed E-state index contributed by atoms with van der Waals surface area (Å²) < 4.78 is 12.0. The van der Waals surface area contributed by atoms with E-state index >= 15 is 0 Å². The van der Waals surface area contributed by atoms with Crippen molar-refractivity contribution >= 4 is 12.0 Å². The SMILES string of the molecule is CC(Cc1ccc(OCc2ccccc2)cc1)(NC(=O)OC1C2CC3CC(C2)CC1C3)C(=O)NC(CO)C(O)c1ccccc1. The van der Waals surface area contributed by atoms with Crippen molar-refractivity contribution in [3.05, 3.63) is 102 Å². The number of benzene rings is 3. The third-order valence-electron chi connectivity index (χ3n) is 10.0. The van der Waals surface area contributed by atoms with Gasteiger partial charge in [-0.15, -0.1) is 0 Å². The van der Waals surface area contributed by atoms with Gasteiger partial charge in [-0.3, -0.25) is 4.79 Å². The minimum Gasteiger partial charge on any atom is -0.489 e. The first-order chi connectivity index (χ1) is 21.8. The molecule has 8 nitrogen and oxygen atoms in total. The molecule has 45 heavy (non-hydrogen) atoms. The van der Waals surface area contributed by atoms with Crippen molar-refractivity contribution in [2.24, 2.45) is 23.7 Å². The Hall–Kier alpha value is -3.88. The number of amides is 2. The first kappa shape index (κ1) is 31.1. The molecule has 3 unspecified atom stereocenters. The number of aliphatic hydroxyl groups excluding tert-OH is 2. The second-order valence-electron chi connectivity index (χ2n) is 13.5. The molecule has 7 rings (SSSR count). The van der Waals surface area contributed by atoms with E-state index in [1.807, 2.05) is 60.7 Å². The number of hydrogen-bond donors (Lipinski definition) is 4. The summed E-state index contributed by atoms with van der Waals surface area (Å²) in [5.74, 6) is 2.43. The normalized spacial score (nSPS) is 25.9. The number of ether oxygens (including phenoxy) is 2. The second-order valence-corrected chi connectivity index (χ2v) is 13.5. The molecule has 0 spiro atoms. The van der Waals surface area contributed by atoms with Crippen LogP contribution in [0.2, 0.25) is 0 Å². The van der Waals surface area contributed by atoms with Crippen molar-refractivity contribution in [1.29, 1.82) is 0 Å². The van der Waals surface area contributed by atoms with Crippen molar-refractivity contribution in [3.63, 3.8) is 0 Å². The van der Waals surface area contributed by atoms with Crippen LogP contribution in [-0.2, 0) is 22.6 Å². The van der Waals surface area contributed by atoms with Crippen LogP contribution in [0.1, 0.15) is 61.8 Å². The van der Waals surface area contributed by atoms with E-state index in [1.54, 1.807) is 31.2 Å². The molecule has 0 heterocycles. The quantitative estimate of drug-likeness (QED) is 0.220. The number of hydrogen-bond acceptors (Lipinski definition) is 6. The maximum atomic E-state index is 13.9. The molecule has 0 aromatic heterocycles. The first-order valence-electron chi connectivity index (χ1n) is 16.2. The van der Waals surface area contributed by atoms with Gasteiger partial charge in [0.25, 0.3) is 0 Å². The number of carbonyl (C=O) groups excluding carboxylic acids is 2. The summed E-state index contributed by atoms with van der Waals surface area (Å²) in [6.45, 7) is 1.61. The number of carbonyl (C=O) groups is 2. The first-order valence-corrected chi connectivity index (χ1v) is 16.2. The van der Waals surface area contributed by atoms with E-state index in [-0.39, 0.29) is 12.5 Å². The lowest BCUT2D eigenvalue weighted by Crippen LogP contribution is -2.61. The van der Waals surface area contributed by atoms with Crippen LogP contribution in [0.3, 0.4) is 0 Å². The van der Waals surface area contributed by atoms with Crippen LogP contribution < -0.4 is 15.4 Å². The summed E-state index contributed by atoms with van der Waals surface area (Å²) in [5.41, 5.74) is 1.00. The van der Waals surface area contributed by atoms with E-state index in [4.69, 9.17) is 9.47 Å². The lowest BCUT2D eigenvalue weighted by Gasteiger charge is -2.53. The summed E-state index contributed by atoms with van der Waals surface area (Å²) in [5, 5.41) is 26.8. The number of nitrogens with one attached hydrogen (secondary N) is 2. The number of rotatable bonds is 12. The van der Waals surface area contributed by atoms with E-state index in [1.165, 1.54) is 6.42 Å². The third kappa shape index (κ3) is 7.34. The van der Waals surface area contributed by atoms with Crippen LogP contribution in [-0.4, -0.2) is 46.5 Å². The van der Waals surface area contributed by atoms with Gasteiger partial charge in [0.15, 0.2) is 0 Å². The Morgan fingerprint density at radius 3 is 2.04 bits per heavy atom. The molecule has 4 N–H and O–H groups in total. The highest BCUT2D eigenvalue weighted by Gasteiger charge is 2.50. The highest BCUT2D eigenvalue weighted by Crippen LogP contribution is 2.54. The Kier molecular flexibility index (Phi) is 9.42. The van der Waals surface area contributed by atoms with Gasteiger partial charge in [-0.25, -0.2) is 4.79 Å². The van der Waals surface area contributed by atoms with E-state index in [2.05, 4.69) is 10.6 Å². The summed E-state index contributed by atoms with van der Waals surface area (Å²) in [7, 11) is 0. The molecule has 3 aromatic carbocycles. The van der Waals surface area contributed by atoms with Gasteiger partial charge in [-0.1, -0.05) is 72.8 Å². The fourth-order valence-corrected chi connectivity index (χ4v) is 7.91. The van der Waals surface area contributed by atoms with E-state index in [0.29, 0.717) is 29.8 Å². The van der Waals surface area contributed by atoms with E-state index in [9.17, 15) is 19.8 Å². The molecule has 3 aromatic rings. The van der Waals surface area contributed by atoms with Crippen LogP contribution in [0.15, 0.2) is 84.9 Å². The van der Waals surface area contributed by atoms with Gasteiger partial charge >= 0.3 is 6.09 Å². The molecular weight excluding hydrogens is 568 g/mol. The fraction of sp³-hybridized carbons (Fsp3) is 0.459. The monoisotopic (exact) mass is 612 g/mol.